The van der Waals surface area contributed by atoms with Crippen molar-refractivity contribution in [3.63, 3.8) is 0 Å². The molecule has 3 aromatic carbocycles. The highest BCUT2D eigenvalue weighted by Gasteiger charge is 2.15. The number of aryl methyl sites for hydroxylation is 1. The number of ether oxygens (including phenoxy) is 1. The molecule has 0 amide bonds. The van der Waals surface area contributed by atoms with E-state index in [9.17, 15) is 0 Å². The van der Waals surface area contributed by atoms with Crippen molar-refractivity contribution in [3.05, 3.63) is 95.6 Å². The first-order chi connectivity index (χ1) is 13.2. The van der Waals surface area contributed by atoms with Crippen LogP contribution in [0.15, 0.2) is 78.9 Å². The SMILES string of the molecule is CCOc1cccc(NC(=S)NC(c2ccccc2)c2cccc(C)c2)c1. The minimum absolute atomic E-state index is 0.0267. The Morgan fingerprint density at radius 3 is 2.41 bits per heavy atom. The summed E-state index contributed by atoms with van der Waals surface area (Å²) in [5.74, 6) is 0.823. The molecule has 0 fully saturated rings. The normalized spacial score (nSPS) is 11.5. The molecule has 27 heavy (non-hydrogen) atoms. The van der Waals surface area contributed by atoms with Crippen LogP contribution in [0.4, 0.5) is 5.69 Å². The summed E-state index contributed by atoms with van der Waals surface area (Å²) in [5.41, 5.74) is 4.46. The molecule has 0 aliphatic carbocycles. The van der Waals surface area contributed by atoms with Gasteiger partial charge in [0.25, 0.3) is 0 Å². The zero-order valence-electron chi connectivity index (χ0n) is 15.6. The van der Waals surface area contributed by atoms with E-state index in [4.69, 9.17) is 17.0 Å². The predicted molar refractivity (Wildman–Crippen MR) is 116 cm³/mol. The minimum Gasteiger partial charge on any atom is -0.494 e. The van der Waals surface area contributed by atoms with Crippen LogP contribution in [-0.4, -0.2) is 11.7 Å². The Morgan fingerprint density at radius 1 is 0.926 bits per heavy atom. The largest absolute Gasteiger partial charge is 0.494 e. The maximum Gasteiger partial charge on any atom is 0.171 e. The van der Waals surface area contributed by atoms with E-state index >= 15 is 0 Å². The van der Waals surface area contributed by atoms with Crippen molar-refractivity contribution in [1.29, 1.82) is 0 Å². The fraction of sp³-hybridized carbons (Fsp3) is 0.174. The Hall–Kier alpha value is -2.85. The van der Waals surface area contributed by atoms with Crippen molar-refractivity contribution in [1.82, 2.24) is 5.32 Å². The van der Waals surface area contributed by atoms with Crippen molar-refractivity contribution < 1.29 is 4.74 Å². The molecule has 1 unspecified atom stereocenters. The summed E-state index contributed by atoms with van der Waals surface area (Å²) in [5, 5.41) is 7.29. The van der Waals surface area contributed by atoms with Gasteiger partial charge in [-0.25, -0.2) is 0 Å². The van der Waals surface area contributed by atoms with E-state index in [0.717, 1.165) is 17.0 Å². The first-order valence-electron chi connectivity index (χ1n) is 9.07. The van der Waals surface area contributed by atoms with Crippen molar-refractivity contribution in [3.8, 4) is 5.75 Å². The van der Waals surface area contributed by atoms with E-state index in [1.807, 2.05) is 49.4 Å². The first kappa shape index (κ1) is 18.9. The molecular formula is C23H24N2OS. The summed E-state index contributed by atoms with van der Waals surface area (Å²) >= 11 is 5.59. The number of benzene rings is 3. The topological polar surface area (TPSA) is 33.3 Å². The zero-order valence-corrected chi connectivity index (χ0v) is 16.4. The highest BCUT2D eigenvalue weighted by atomic mass is 32.1. The van der Waals surface area contributed by atoms with Gasteiger partial charge in [-0.15, -0.1) is 0 Å². The van der Waals surface area contributed by atoms with Gasteiger partial charge in [0.1, 0.15) is 5.75 Å². The van der Waals surface area contributed by atoms with E-state index in [2.05, 4.69) is 54.0 Å². The molecule has 0 radical (unpaired) electrons. The lowest BCUT2D eigenvalue weighted by molar-refractivity contribution is 0.340. The third-order valence-electron chi connectivity index (χ3n) is 4.19. The molecule has 4 heteroatoms. The molecule has 3 aromatic rings. The molecule has 1 atom stereocenters. The minimum atomic E-state index is -0.0267. The van der Waals surface area contributed by atoms with E-state index in [-0.39, 0.29) is 6.04 Å². The molecule has 0 aliphatic rings. The number of hydrogen-bond donors (Lipinski definition) is 2. The second-order valence-electron chi connectivity index (χ2n) is 6.32. The molecule has 138 valence electrons. The van der Waals surface area contributed by atoms with Crippen LogP contribution < -0.4 is 15.4 Å². The lowest BCUT2D eigenvalue weighted by atomic mass is 9.97. The summed E-state index contributed by atoms with van der Waals surface area (Å²) in [6.45, 7) is 4.70. The number of hydrogen-bond acceptors (Lipinski definition) is 2. The zero-order chi connectivity index (χ0) is 19.1. The van der Waals surface area contributed by atoms with E-state index in [1.165, 1.54) is 11.1 Å². The molecule has 0 aromatic heterocycles. The molecular weight excluding hydrogens is 352 g/mol. The number of thiocarbonyl (C=S) groups is 1. The second kappa shape index (κ2) is 9.19. The highest BCUT2D eigenvalue weighted by Crippen LogP contribution is 2.23. The van der Waals surface area contributed by atoms with E-state index < -0.39 is 0 Å². The van der Waals surface area contributed by atoms with Crippen LogP contribution >= 0.6 is 12.2 Å². The Labute approximate surface area is 166 Å². The van der Waals surface area contributed by atoms with Crippen LogP contribution in [-0.2, 0) is 0 Å². The van der Waals surface area contributed by atoms with Gasteiger partial charge in [0, 0.05) is 11.8 Å². The fourth-order valence-corrected chi connectivity index (χ4v) is 3.22. The lowest BCUT2D eigenvalue weighted by Crippen LogP contribution is -2.33. The molecule has 0 bridgehead atoms. The molecule has 0 heterocycles. The third-order valence-corrected chi connectivity index (χ3v) is 4.41. The van der Waals surface area contributed by atoms with Crippen LogP contribution in [0.1, 0.15) is 29.7 Å². The predicted octanol–water partition coefficient (Wildman–Crippen LogP) is 5.47. The van der Waals surface area contributed by atoms with Crippen molar-refractivity contribution in [2.75, 3.05) is 11.9 Å². The highest BCUT2D eigenvalue weighted by molar-refractivity contribution is 7.80. The Bertz CT molecular complexity index is 896. The molecule has 0 spiro atoms. The lowest BCUT2D eigenvalue weighted by Gasteiger charge is -2.22. The summed E-state index contributed by atoms with van der Waals surface area (Å²) in [4.78, 5) is 0. The van der Waals surface area contributed by atoms with E-state index in [0.29, 0.717) is 11.7 Å². The van der Waals surface area contributed by atoms with Crippen LogP contribution in [0.2, 0.25) is 0 Å². The van der Waals surface area contributed by atoms with Crippen molar-refractivity contribution >= 4 is 23.0 Å². The summed E-state index contributed by atoms with van der Waals surface area (Å²) in [6.07, 6.45) is 0. The van der Waals surface area contributed by atoms with Crippen LogP contribution in [0.5, 0.6) is 5.75 Å². The van der Waals surface area contributed by atoms with Gasteiger partial charge in [0.15, 0.2) is 5.11 Å². The molecule has 3 nitrogen and oxygen atoms in total. The average molecular weight is 377 g/mol. The standard InChI is InChI=1S/C23H24N2OS/c1-3-26-21-14-8-13-20(16-21)24-23(27)25-22(18-10-5-4-6-11-18)19-12-7-9-17(2)15-19/h4-16,22H,3H2,1-2H3,(H2,24,25,27). The first-order valence-corrected chi connectivity index (χ1v) is 9.48. The van der Waals surface area contributed by atoms with Gasteiger partial charge in [-0.05, 0) is 49.3 Å². The van der Waals surface area contributed by atoms with Gasteiger partial charge < -0.3 is 15.4 Å². The van der Waals surface area contributed by atoms with Gasteiger partial charge >= 0.3 is 0 Å². The number of rotatable bonds is 6. The second-order valence-corrected chi connectivity index (χ2v) is 6.73. The maximum atomic E-state index is 5.59. The molecule has 0 saturated heterocycles. The van der Waals surface area contributed by atoms with Gasteiger partial charge in [-0.2, -0.15) is 0 Å². The third kappa shape index (κ3) is 5.31. The summed E-state index contributed by atoms with van der Waals surface area (Å²) < 4.78 is 5.56. The van der Waals surface area contributed by atoms with Gasteiger partial charge in [-0.1, -0.05) is 66.2 Å². The van der Waals surface area contributed by atoms with Crippen LogP contribution in [0.3, 0.4) is 0 Å². The quantitative estimate of drug-likeness (QED) is 0.559. The average Bonchev–Trinajstić information content (AvgIpc) is 2.67. The van der Waals surface area contributed by atoms with Gasteiger partial charge in [0.2, 0.25) is 0 Å². The van der Waals surface area contributed by atoms with Gasteiger partial charge in [0.05, 0.1) is 12.6 Å². The van der Waals surface area contributed by atoms with Crippen LogP contribution in [0, 0.1) is 6.92 Å². The fourth-order valence-electron chi connectivity index (χ4n) is 2.98. The summed E-state index contributed by atoms with van der Waals surface area (Å²) in [7, 11) is 0. The number of nitrogens with one attached hydrogen (secondary N) is 2. The number of anilines is 1. The van der Waals surface area contributed by atoms with Crippen LogP contribution in [0.25, 0.3) is 0 Å². The Morgan fingerprint density at radius 2 is 1.67 bits per heavy atom. The Kier molecular flexibility index (Phi) is 6.44. The summed E-state index contributed by atoms with van der Waals surface area (Å²) in [6, 6.07) is 26.6. The maximum absolute atomic E-state index is 5.59. The van der Waals surface area contributed by atoms with Gasteiger partial charge in [-0.3, -0.25) is 0 Å². The Balaban J connectivity index is 1.80. The van der Waals surface area contributed by atoms with Crippen molar-refractivity contribution in [2.24, 2.45) is 0 Å². The molecule has 0 saturated carbocycles. The van der Waals surface area contributed by atoms with Crippen molar-refractivity contribution in [2.45, 2.75) is 19.9 Å². The molecule has 3 rings (SSSR count). The molecule has 2 N–H and O–H groups in total. The van der Waals surface area contributed by atoms with E-state index in [1.54, 1.807) is 0 Å². The smallest absolute Gasteiger partial charge is 0.171 e. The molecule has 0 aliphatic heterocycles. The monoisotopic (exact) mass is 376 g/mol.